The van der Waals surface area contributed by atoms with Gasteiger partial charge < -0.3 is 14.5 Å². The number of aromatic nitrogens is 2. The van der Waals surface area contributed by atoms with Gasteiger partial charge in [-0.05, 0) is 48.7 Å². The fourth-order valence-electron chi connectivity index (χ4n) is 5.48. The lowest BCUT2D eigenvalue weighted by atomic mass is 9.89. The molecule has 2 unspecified atom stereocenters. The minimum atomic E-state index is -0.996. The molecule has 2 amide bonds. The molecule has 0 radical (unpaired) electrons. The number of rotatable bonds is 2. The van der Waals surface area contributed by atoms with Gasteiger partial charge in [0.25, 0.3) is 11.8 Å². The Kier molecular flexibility index (Phi) is 4.52. The average molecular weight is 452 g/mol. The Bertz CT molecular complexity index is 1250. The van der Waals surface area contributed by atoms with Crippen LogP contribution in [0.5, 0.6) is 0 Å². The lowest BCUT2D eigenvalue weighted by molar-refractivity contribution is -0.142. The molecular formula is C24H22F2N4O3. The van der Waals surface area contributed by atoms with Crippen LogP contribution in [0.2, 0.25) is 0 Å². The van der Waals surface area contributed by atoms with Crippen molar-refractivity contribution in [1.82, 2.24) is 19.4 Å². The Labute approximate surface area is 188 Å². The van der Waals surface area contributed by atoms with Crippen molar-refractivity contribution < 1.29 is 23.1 Å². The van der Waals surface area contributed by atoms with Gasteiger partial charge in [0.1, 0.15) is 23.6 Å². The number of hydrogen-bond acceptors (Lipinski definition) is 4. The van der Waals surface area contributed by atoms with Crippen molar-refractivity contribution in [2.24, 2.45) is 0 Å². The summed E-state index contributed by atoms with van der Waals surface area (Å²) in [5.41, 5.74) is 0.762. The summed E-state index contributed by atoms with van der Waals surface area (Å²) in [5.74, 6) is -1.61. The third kappa shape index (κ3) is 3.13. The van der Waals surface area contributed by atoms with Crippen molar-refractivity contribution in [3.05, 3.63) is 71.6 Å². The van der Waals surface area contributed by atoms with E-state index in [4.69, 9.17) is 4.74 Å². The van der Waals surface area contributed by atoms with Crippen LogP contribution in [0.3, 0.4) is 0 Å². The Morgan fingerprint density at radius 1 is 1.06 bits per heavy atom. The first kappa shape index (κ1) is 20.3. The van der Waals surface area contributed by atoms with Crippen LogP contribution in [-0.2, 0) is 9.53 Å². The van der Waals surface area contributed by atoms with Crippen LogP contribution in [0.1, 0.15) is 47.8 Å². The number of benzene rings is 1. The molecule has 170 valence electrons. The van der Waals surface area contributed by atoms with Crippen LogP contribution in [0.25, 0.3) is 5.52 Å². The van der Waals surface area contributed by atoms with Crippen LogP contribution >= 0.6 is 0 Å². The molecule has 3 aliphatic rings. The first-order valence-corrected chi connectivity index (χ1v) is 11.1. The van der Waals surface area contributed by atoms with E-state index in [1.165, 1.54) is 12.1 Å². The summed E-state index contributed by atoms with van der Waals surface area (Å²) in [6.45, 7) is 0.754. The molecule has 0 aliphatic carbocycles. The molecule has 0 N–H and O–H groups in total. The maximum absolute atomic E-state index is 13.8. The number of hydrogen-bond donors (Lipinski definition) is 0. The molecule has 5 heterocycles. The molecule has 2 aromatic heterocycles. The molecule has 6 rings (SSSR count). The molecule has 9 heteroatoms. The normalized spacial score (nSPS) is 24.1. The van der Waals surface area contributed by atoms with E-state index in [0.717, 1.165) is 11.6 Å². The van der Waals surface area contributed by atoms with Gasteiger partial charge in [-0.3, -0.25) is 9.59 Å². The Hall–Kier alpha value is -3.33. The van der Waals surface area contributed by atoms with Crippen molar-refractivity contribution in [2.45, 2.75) is 43.6 Å². The van der Waals surface area contributed by atoms with E-state index >= 15 is 0 Å². The van der Waals surface area contributed by atoms with E-state index in [1.54, 1.807) is 26.6 Å². The molecule has 1 aromatic carbocycles. The minimum absolute atomic E-state index is 0.141. The van der Waals surface area contributed by atoms with Gasteiger partial charge in [-0.1, -0.05) is 6.07 Å². The van der Waals surface area contributed by atoms with Gasteiger partial charge in [0.15, 0.2) is 5.60 Å². The lowest BCUT2D eigenvalue weighted by Crippen LogP contribution is -2.51. The Morgan fingerprint density at radius 3 is 2.58 bits per heavy atom. The number of carbonyl (C=O) groups excluding carboxylic acids is 2. The smallest absolute Gasteiger partial charge is 0.272 e. The fraction of sp³-hybridized carbons (Fsp3) is 0.375. The summed E-state index contributed by atoms with van der Waals surface area (Å²) < 4.78 is 35.5. The van der Waals surface area contributed by atoms with E-state index < -0.39 is 29.5 Å². The van der Waals surface area contributed by atoms with Gasteiger partial charge in [0.2, 0.25) is 0 Å². The van der Waals surface area contributed by atoms with Crippen LogP contribution in [0.15, 0.2) is 48.7 Å². The second-order valence-corrected chi connectivity index (χ2v) is 8.95. The average Bonchev–Trinajstić information content (AvgIpc) is 3.50. The van der Waals surface area contributed by atoms with Crippen LogP contribution in [0, 0.1) is 11.6 Å². The molecule has 0 saturated carbocycles. The van der Waals surface area contributed by atoms with Crippen LogP contribution in [-0.4, -0.2) is 56.1 Å². The summed E-state index contributed by atoms with van der Waals surface area (Å²) >= 11 is 0. The number of fused-ring (bicyclic) bond motifs is 2. The molecule has 7 nitrogen and oxygen atoms in total. The number of amides is 2. The standard InChI is InChI=1S/C24H22F2N4O3/c25-16-12-15(13-17(26)14-16)19-4-5-21-29(19)23(32)24(33-21)7-10-28(11-8-24)22(31)20-3-1-2-18-6-9-27-30(18)20/h1-3,6,9,12-14,19,21H,4-5,7-8,10-11H2. The Morgan fingerprint density at radius 2 is 1.82 bits per heavy atom. The molecule has 1 spiro atoms. The summed E-state index contributed by atoms with van der Waals surface area (Å²) in [5, 5.41) is 4.24. The maximum atomic E-state index is 13.8. The summed E-state index contributed by atoms with van der Waals surface area (Å²) in [7, 11) is 0. The zero-order valence-corrected chi connectivity index (χ0v) is 17.8. The maximum Gasteiger partial charge on any atom is 0.272 e. The van der Waals surface area contributed by atoms with Gasteiger partial charge in [0.05, 0.1) is 17.8 Å². The fourth-order valence-corrected chi connectivity index (χ4v) is 5.48. The number of halogens is 2. The highest BCUT2D eigenvalue weighted by atomic mass is 19.1. The predicted octanol–water partition coefficient (Wildman–Crippen LogP) is 3.31. The highest BCUT2D eigenvalue weighted by Gasteiger charge is 2.58. The largest absolute Gasteiger partial charge is 0.342 e. The first-order chi connectivity index (χ1) is 15.9. The van der Waals surface area contributed by atoms with E-state index in [1.807, 2.05) is 18.2 Å². The number of pyridine rings is 1. The van der Waals surface area contributed by atoms with Gasteiger partial charge in [-0.25, -0.2) is 13.3 Å². The van der Waals surface area contributed by atoms with E-state index in [-0.39, 0.29) is 11.8 Å². The molecule has 3 aliphatic heterocycles. The van der Waals surface area contributed by atoms with Crippen molar-refractivity contribution in [1.29, 1.82) is 0 Å². The molecule has 33 heavy (non-hydrogen) atoms. The van der Waals surface area contributed by atoms with E-state index in [0.29, 0.717) is 50.0 Å². The Balaban J connectivity index is 1.20. The predicted molar refractivity (Wildman–Crippen MR) is 113 cm³/mol. The third-order valence-corrected chi connectivity index (χ3v) is 7.09. The molecule has 3 fully saturated rings. The third-order valence-electron chi connectivity index (χ3n) is 7.09. The summed E-state index contributed by atoms with van der Waals surface area (Å²) in [4.78, 5) is 30.0. The minimum Gasteiger partial charge on any atom is -0.342 e. The highest BCUT2D eigenvalue weighted by molar-refractivity contribution is 5.94. The zero-order chi connectivity index (χ0) is 22.7. The number of carbonyl (C=O) groups is 2. The van der Waals surface area contributed by atoms with E-state index in [2.05, 4.69) is 5.10 Å². The molecule has 0 bridgehead atoms. The highest BCUT2D eigenvalue weighted by Crippen LogP contribution is 2.47. The molecule has 3 aromatic rings. The first-order valence-electron chi connectivity index (χ1n) is 11.1. The van der Waals surface area contributed by atoms with Crippen molar-refractivity contribution in [2.75, 3.05) is 13.1 Å². The topological polar surface area (TPSA) is 67.2 Å². The second-order valence-electron chi connectivity index (χ2n) is 8.95. The van der Waals surface area contributed by atoms with Crippen LogP contribution in [0.4, 0.5) is 8.78 Å². The van der Waals surface area contributed by atoms with Crippen molar-refractivity contribution in [3.63, 3.8) is 0 Å². The van der Waals surface area contributed by atoms with Gasteiger partial charge in [0, 0.05) is 32.0 Å². The van der Waals surface area contributed by atoms with Crippen molar-refractivity contribution >= 4 is 17.3 Å². The number of likely N-dealkylation sites (tertiary alicyclic amines) is 1. The number of piperidine rings is 1. The quantitative estimate of drug-likeness (QED) is 0.599. The molecule has 2 atom stereocenters. The van der Waals surface area contributed by atoms with Gasteiger partial charge in [-0.2, -0.15) is 5.10 Å². The summed E-state index contributed by atoms with van der Waals surface area (Å²) in [6.07, 6.45) is 3.20. The zero-order valence-electron chi connectivity index (χ0n) is 17.8. The summed E-state index contributed by atoms with van der Waals surface area (Å²) in [6, 6.07) is 10.3. The molecule has 3 saturated heterocycles. The number of ether oxygens (including phenoxy) is 1. The van der Waals surface area contributed by atoms with E-state index in [9.17, 15) is 18.4 Å². The lowest BCUT2D eigenvalue weighted by Gasteiger charge is -2.37. The van der Waals surface area contributed by atoms with Crippen molar-refractivity contribution in [3.8, 4) is 0 Å². The molecular weight excluding hydrogens is 430 g/mol. The second kappa shape index (κ2) is 7.34. The van der Waals surface area contributed by atoms with Crippen LogP contribution < -0.4 is 0 Å². The SMILES string of the molecule is O=C(c1cccc2ccnn12)N1CCC2(CC1)OC1CCC(c3cc(F)cc(F)c3)N1C2=O. The number of nitrogens with zero attached hydrogens (tertiary/aromatic N) is 4. The van der Waals surface area contributed by atoms with Gasteiger partial charge >= 0.3 is 0 Å². The van der Waals surface area contributed by atoms with Gasteiger partial charge in [-0.15, -0.1) is 0 Å². The monoisotopic (exact) mass is 452 g/mol.